The zero-order chi connectivity index (χ0) is 23.0. The van der Waals surface area contributed by atoms with E-state index in [9.17, 15) is 9.59 Å². The quantitative estimate of drug-likeness (QED) is 0.561. The van der Waals surface area contributed by atoms with Crippen LogP contribution in [0.4, 0.5) is 0 Å². The highest BCUT2D eigenvalue weighted by molar-refractivity contribution is 6.31. The van der Waals surface area contributed by atoms with Crippen LogP contribution in [-0.2, 0) is 17.9 Å². The molecular formula is C27H28ClN3O2. The Bertz CT molecular complexity index is 1180. The lowest BCUT2D eigenvalue weighted by Gasteiger charge is -2.45. The number of hydrogen-bond donors (Lipinski definition) is 1. The van der Waals surface area contributed by atoms with Crippen molar-refractivity contribution in [3.05, 3.63) is 83.0 Å². The number of carbonyl (C=O) groups excluding carboxylic acids is 2. The standard InChI is InChI=1S/C27H28ClN3O2/c1-27(26(33)29-21-12-6-7-13-21)18-30-23(19-9-3-2-4-10-19)15-16-24(30)25(32)31(27)17-20-11-5-8-14-22(20)28/h2-5,8-11,14-16,21H,6-7,12-13,17-18H2,1H3,(H,29,33). The van der Waals surface area contributed by atoms with Gasteiger partial charge in [0, 0.05) is 23.3 Å². The molecule has 1 unspecified atom stereocenters. The van der Waals surface area contributed by atoms with E-state index in [0.717, 1.165) is 42.5 Å². The molecule has 2 aromatic carbocycles. The van der Waals surface area contributed by atoms with E-state index in [1.807, 2.05) is 78.2 Å². The van der Waals surface area contributed by atoms with E-state index in [0.29, 0.717) is 17.3 Å². The maximum absolute atomic E-state index is 13.8. The number of aromatic nitrogens is 1. The number of nitrogens with zero attached hydrogens (tertiary/aromatic N) is 2. The number of amides is 2. The first kappa shape index (κ1) is 21.8. The van der Waals surface area contributed by atoms with Gasteiger partial charge in [-0.2, -0.15) is 0 Å². The Morgan fingerprint density at radius 2 is 1.67 bits per heavy atom. The Balaban J connectivity index is 1.56. The average Bonchev–Trinajstić information content (AvgIpc) is 3.48. The zero-order valence-electron chi connectivity index (χ0n) is 18.8. The van der Waals surface area contributed by atoms with Crippen LogP contribution in [0.1, 0.15) is 48.7 Å². The first-order valence-electron chi connectivity index (χ1n) is 11.6. The molecule has 5 nitrogen and oxygen atoms in total. The summed E-state index contributed by atoms with van der Waals surface area (Å²) in [6, 6.07) is 21.5. The highest BCUT2D eigenvalue weighted by atomic mass is 35.5. The predicted molar refractivity (Wildman–Crippen MR) is 130 cm³/mol. The van der Waals surface area contributed by atoms with Gasteiger partial charge in [0.15, 0.2) is 0 Å². The van der Waals surface area contributed by atoms with Crippen LogP contribution in [0.2, 0.25) is 5.02 Å². The minimum absolute atomic E-state index is 0.104. The average molecular weight is 462 g/mol. The molecule has 170 valence electrons. The van der Waals surface area contributed by atoms with Crippen LogP contribution in [0.5, 0.6) is 0 Å². The second-order valence-electron chi connectivity index (χ2n) is 9.27. The summed E-state index contributed by atoms with van der Waals surface area (Å²) in [7, 11) is 0. The Morgan fingerprint density at radius 3 is 2.39 bits per heavy atom. The molecule has 2 aliphatic rings. The monoisotopic (exact) mass is 461 g/mol. The summed E-state index contributed by atoms with van der Waals surface area (Å²) in [5, 5.41) is 3.84. The molecule has 0 spiro atoms. The van der Waals surface area contributed by atoms with Crippen LogP contribution in [-0.4, -0.2) is 32.9 Å². The lowest BCUT2D eigenvalue weighted by atomic mass is 9.93. The minimum atomic E-state index is -1.05. The molecule has 2 amide bonds. The van der Waals surface area contributed by atoms with E-state index in [-0.39, 0.29) is 24.4 Å². The van der Waals surface area contributed by atoms with Crippen molar-refractivity contribution in [1.29, 1.82) is 0 Å². The largest absolute Gasteiger partial charge is 0.351 e. The van der Waals surface area contributed by atoms with Gasteiger partial charge in [-0.05, 0) is 49.1 Å². The summed E-state index contributed by atoms with van der Waals surface area (Å²) < 4.78 is 2.00. The molecule has 5 rings (SSSR count). The Hall–Kier alpha value is -3.05. The second-order valence-corrected chi connectivity index (χ2v) is 9.67. The van der Waals surface area contributed by atoms with Gasteiger partial charge in [0.2, 0.25) is 5.91 Å². The number of hydrogen-bond acceptors (Lipinski definition) is 2. The van der Waals surface area contributed by atoms with Crippen molar-refractivity contribution in [1.82, 2.24) is 14.8 Å². The normalized spacial score (nSPS) is 20.7. The molecule has 1 fully saturated rings. The highest BCUT2D eigenvalue weighted by Gasteiger charge is 2.48. The van der Waals surface area contributed by atoms with Crippen LogP contribution in [0.25, 0.3) is 11.3 Å². The molecule has 1 aliphatic heterocycles. The Morgan fingerprint density at radius 1 is 1.00 bits per heavy atom. The summed E-state index contributed by atoms with van der Waals surface area (Å²) in [6.07, 6.45) is 4.24. The molecule has 1 atom stereocenters. The third kappa shape index (κ3) is 3.95. The van der Waals surface area contributed by atoms with Gasteiger partial charge in [-0.15, -0.1) is 0 Å². The molecule has 1 aliphatic carbocycles. The third-order valence-electron chi connectivity index (χ3n) is 7.04. The summed E-state index contributed by atoms with van der Waals surface area (Å²) >= 11 is 6.44. The summed E-state index contributed by atoms with van der Waals surface area (Å²) in [4.78, 5) is 29.2. The number of rotatable bonds is 5. The highest BCUT2D eigenvalue weighted by Crippen LogP contribution is 2.35. The molecule has 1 aromatic heterocycles. The molecule has 0 radical (unpaired) electrons. The van der Waals surface area contributed by atoms with Crippen molar-refractivity contribution < 1.29 is 9.59 Å². The Kier molecular flexibility index (Phi) is 5.75. The van der Waals surface area contributed by atoms with E-state index in [2.05, 4.69) is 5.32 Å². The maximum atomic E-state index is 13.8. The minimum Gasteiger partial charge on any atom is -0.351 e. The van der Waals surface area contributed by atoms with Crippen molar-refractivity contribution in [3.63, 3.8) is 0 Å². The van der Waals surface area contributed by atoms with Gasteiger partial charge in [0.05, 0.1) is 6.54 Å². The van der Waals surface area contributed by atoms with E-state index < -0.39 is 5.54 Å². The van der Waals surface area contributed by atoms with E-state index >= 15 is 0 Å². The summed E-state index contributed by atoms with van der Waals surface area (Å²) in [6.45, 7) is 2.54. The molecule has 33 heavy (non-hydrogen) atoms. The van der Waals surface area contributed by atoms with Crippen molar-refractivity contribution in [2.75, 3.05) is 0 Å². The number of nitrogens with one attached hydrogen (secondary N) is 1. The smallest absolute Gasteiger partial charge is 0.271 e. The number of halogens is 1. The van der Waals surface area contributed by atoms with Crippen LogP contribution in [0, 0.1) is 0 Å². The number of fused-ring (bicyclic) bond motifs is 1. The summed E-state index contributed by atoms with van der Waals surface area (Å²) in [5.74, 6) is -0.263. The fourth-order valence-corrected chi connectivity index (χ4v) is 5.29. The van der Waals surface area contributed by atoms with Gasteiger partial charge < -0.3 is 14.8 Å². The second kappa shape index (κ2) is 8.71. The SMILES string of the molecule is CC1(C(=O)NC2CCCC2)Cn2c(ccc2-c2ccccc2)C(=O)N1Cc1ccccc1Cl. The molecule has 1 N–H and O–H groups in total. The number of benzene rings is 2. The van der Waals surface area contributed by atoms with Crippen LogP contribution in [0.3, 0.4) is 0 Å². The summed E-state index contributed by atoms with van der Waals surface area (Å²) in [5.41, 5.74) is 2.34. The molecular weight excluding hydrogens is 434 g/mol. The van der Waals surface area contributed by atoms with Crippen LogP contribution < -0.4 is 5.32 Å². The van der Waals surface area contributed by atoms with Crippen molar-refractivity contribution in [2.24, 2.45) is 0 Å². The molecule has 2 heterocycles. The molecule has 0 bridgehead atoms. The van der Waals surface area contributed by atoms with E-state index in [1.165, 1.54) is 0 Å². The van der Waals surface area contributed by atoms with Crippen molar-refractivity contribution >= 4 is 23.4 Å². The van der Waals surface area contributed by atoms with Crippen molar-refractivity contribution in [3.8, 4) is 11.3 Å². The topological polar surface area (TPSA) is 54.3 Å². The molecule has 3 aromatic rings. The van der Waals surface area contributed by atoms with E-state index in [4.69, 9.17) is 11.6 Å². The first-order valence-corrected chi connectivity index (χ1v) is 12.0. The third-order valence-corrected chi connectivity index (χ3v) is 7.41. The molecule has 1 saturated carbocycles. The van der Waals surface area contributed by atoms with Gasteiger partial charge in [-0.3, -0.25) is 9.59 Å². The van der Waals surface area contributed by atoms with E-state index in [1.54, 1.807) is 4.90 Å². The van der Waals surface area contributed by atoms with Crippen LogP contribution in [0.15, 0.2) is 66.7 Å². The first-order chi connectivity index (χ1) is 16.0. The zero-order valence-corrected chi connectivity index (χ0v) is 19.5. The Labute approximate surface area is 199 Å². The lowest BCUT2D eigenvalue weighted by Crippen LogP contribution is -2.64. The predicted octanol–water partition coefficient (Wildman–Crippen LogP) is 5.28. The fourth-order valence-electron chi connectivity index (χ4n) is 5.09. The van der Waals surface area contributed by atoms with Gasteiger partial charge in [-0.25, -0.2) is 0 Å². The molecule has 0 saturated heterocycles. The number of carbonyl (C=O) groups is 2. The lowest BCUT2D eigenvalue weighted by molar-refractivity contribution is -0.133. The van der Waals surface area contributed by atoms with Gasteiger partial charge in [0.25, 0.3) is 5.91 Å². The molecule has 6 heteroatoms. The van der Waals surface area contributed by atoms with Gasteiger partial charge in [0.1, 0.15) is 11.2 Å². The van der Waals surface area contributed by atoms with Gasteiger partial charge >= 0.3 is 0 Å². The van der Waals surface area contributed by atoms with Gasteiger partial charge in [-0.1, -0.05) is 73.0 Å². The van der Waals surface area contributed by atoms with Crippen LogP contribution >= 0.6 is 11.6 Å². The van der Waals surface area contributed by atoms with Crippen molar-refractivity contribution in [2.45, 2.75) is 57.3 Å². The fraction of sp³-hybridized carbons (Fsp3) is 0.333. The maximum Gasteiger partial charge on any atom is 0.271 e.